The maximum Gasteiger partial charge on any atom is 0.414 e. The molecule has 1 N–H and O–H groups in total. The van der Waals surface area contributed by atoms with Gasteiger partial charge in [-0.05, 0) is 79.9 Å². The molecule has 0 bridgehead atoms. The van der Waals surface area contributed by atoms with E-state index < -0.39 is 5.60 Å². The lowest BCUT2D eigenvalue weighted by atomic mass is 10.1. The van der Waals surface area contributed by atoms with Crippen LogP contribution in [0.15, 0.2) is 34.1 Å². The predicted molar refractivity (Wildman–Crippen MR) is 108 cm³/mol. The highest BCUT2D eigenvalue weighted by Gasteiger charge is 2.29. The molecule has 0 aliphatic carbocycles. The van der Waals surface area contributed by atoms with Gasteiger partial charge in [-0.1, -0.05) is 0 Å². The number of rotatable bonds is 3. The summed E-state index contributed by atoms with van der Waals surface area (Å²) in [5, 5.41) is 5.63. The first-order valence-corrected chi connectivity index (χ1v) is 10.0. The molecular weight excluding hydrogens is 400 g/mol. The van der Waals surface area contributed by atoms with Crippen molar-refractivity contribution in [2.75, 3.05) is 16.8 Å². The molecule has 0 saturated carbocycles. The Kier molecular flexibility index (Phi) is 5.11. The lowest BCUT2D eigenvalue weighted by Crippen LogP contribution is -2.35. The molecule has 0 fully saturated rings. The zero-order chi connectivity index (χ0) is 18.2. The Hall–Kier alpha value is -1.53. The summed E-state index contributed by atoms with van der Waals surface area (Å²) in [5.41, 5.74) is 2.72. The zero-order valence-electron chi connectivity index (χ0n) is 14.9. The highest BCUT2D eigenvalue weighted by molar-refractivity contribution is 9.10. The normalized spacial score (nSPS) is 15.0. The lowest BCUT2D eigenvalue weighted by molar-refractivity contribution is 0.0584. The zero-order valence-corrected chi connectivity index (χ0v) is 17.3. The first kappa shape index (κ1) is 18.3. The van der Waals surface area contributed by atoms with Gasteiger partial charge in [-0.2, -0.15) is 0 Å². The smallest absolute Gasteiger partial charge is 0.414 e. The summed E-state index contributed by atoms with van der Waals surface area (Å²) in [5.74, 6) is 0. The van der Waals surface area contributed by atoms with Crippen LogP contribution in [-0.4, -0.2) is 18.2 Å². The van der Waals surface area contributed by atoms with Crippen LogP contribution in [-0.2, 0) is 11.2 Å². The van der Waals surface area contributed by atoms with Crippen LogP contribution in [0.1, 0.15) is 44.2 Å². The Morgan fingerprint density at radius 1 is 1.36 bits per heavy atom. The third-order valence-corrected chi connectivity index (χ3v) is 5.86. The Labute approximate surface area is 161 Å². The van der Waals surface area contributed by atoms with Gasteiger partial charge < -0.3 is 10.1 Å². The van der Waals surface area contributed by atoms with Crippen LogP contribution in [0, 0.1) is 0 Å². The van der Waals surface area contributed by atoms with Crippen LogP contribution >= 0.6 is 27.3 Å². The summed E-state index contributed by atoms with van der Waals surface area (Å²) in [6.45, 7) is 8.48. The van der Waals surface area contributed by atoms with Crippen molar-refractivity contribution in [2.24, 2.45) is 0 Å². The molecule has 0 radical (unpaired) electrons. The second-order valence-electron chi connectivity index (χ2n) is 7.26. The van der Waals surface area contributed by atoms with E-state index in [-0.39, 0.29) is 12.1 Å². The van der Waals surface area contributed by atoms with Gasteiger partial charge in [0.15, 0.2) is 0 Å². The van der Waals surface area contributed by atoms with E-state index in [1.165, 1.54) is 10.4 Å². The largest absolute Gasteiger partial charge is 0.443 e. The van der Waals surface area contributed by atoms with Crippen LogP contribution in [0.2, 0.25) is 0 Å². The van der Waals surface area contributed by atoms with Crippen LogP contribution < -0.4 is 10.2 Å². The average molecular weight is 423 g/mol. The van der Waals surface area contributed by atoms with Crippen molar-refractivity contribution >= 4 is 44.7 Å². The van der Waals surface area contributed by atoms with Gasteiger partial charge in [-0.25, -0.2) is 4.79 Å². The number of amides is 1. The number of carbonyl (C=O) groups is 1. The highest BCUT2D eigenvalue weighted by atomic mass is 79.9. The van der Waals surface area contributed by atoms with Crippen molar-refractivity contribution in [1.29, 1.82) is 0 Å². The maximum absolute atomic E-state index is 12.4. The standard InChI is InChI=1S/C19H23BrN2O2S/c1-12(17-10-14(20)11-25-17)21-15-5-6-16-13(9-15)7-8-22(16)18(23)24-19(2,3)4/h5-6,9-12,21H,7-8H2,1-4H3. The van der Waals surface area contributed by atoms with Gasteiger partial charge >= 0.3 is 6.09 Å². The molecule has 1 atom stereocenters. The molecule has 0 spiro atoms. The maximum atomic E-state index is 12.4. The van der Waals surface area contributed by atoms with Crippen molar-refractivity contribution in [3.8, 4) is 0 Å². The van der Waals surface area contributed by atoms with Gasteiger partial charge in [0, 0.05) is 27.0 Å². The molecule has 25 heavy (non-hydrogen) atoms. The summed E-state index contributed by atoms with van der Waals surface area (Å²) < 4.78 is 6.62. The Balaban J connectivity index is 1.72. The summed E-state index contributed by atoms with van der Waals surface area (Å²) in [6, 6.07) is 8.54. The molecule has 1 aliphatic rings. The number of fused-ring (bicyclic) bond motifs is 1. The summed E-state index contributed by atoms with van der Waals surface area (Å²) >= 11 is 5.23. The van der Waals surface area contributed by atoms with Crippen molar-refractivity contribution in [1.82, 2.24) is 0 Å². The minimum Gasteiger partial charge on any atom is -0.443 e. The number of benzene rings is 1. The van der Waals surface area contributed by atoms with Crippen LogP contribution in [0.4, 0.5) is 16.2 Å². The SMILES string of the molecule is CC(Nc1ccc2c(c1)CCN2C(=O)OC(C)(C)C)c1cc(Br)cs1. The number of thiophene rings is 1. The molecule has 1 amide bonds. The Bertz CT molecular complexity index is 782. The van der Waals surface area contributed by atoms with E-state index in [4.69, 9.17) is 4.74 Å². The third-order valence-electron chi connectivity index (χ3n) is 3.99. The second kappa shape index (κ2) is 7.00. The number of nitrogens with one attached hydrogen (secondary N) is 1. The van der Waals surface area contributed by atoms with Gasteiger partial charge in [-0.15, -0.1) is 11.3 Å². The Morgan fingerprint density at radius 2 is 2.12 bits per heavy atom. The van der Waals surface area contributed by atoms with E-state index in [9.17, 15) is 4.79 Å². The molecule has 2 heterocycles. The minimum atomic E-state index is -0.480. The molecule has 134 valence electrons. The van der Waals surface area contributed by atoms with Crippen molar-refractivity contribution in [3.63, 3.8) is 0 Å². The number of ether oxygens (including phenoxy) is 1. The molecule has 1 aromatic heterocycles. The number of anilines is 2. The molecule has 2 aromatic rings. The van der Waals surface area contributed by atoms with E-state index in [0.29, 0.717) is 6.54 Å². The lowest BCUT2D eigenvalue weighted by Gasteiger charge is -2.25. The summed E-state index contributed by atoms with van der Waals surface area (Å²) in [6.07, 6.45) is 0.576. The molecule has 0 saturated heterocycles. The molecule has 1 aliphatic heterocycles. The van der Waals surface area contributed by atoms with Gasteiger partial charge in [-0.3, -0.25) is 4.90 Å². The number of hydrogen-bond donors (Lipinski definition) is 1. The third kappa shape index (κ3) is 4.36. The number of halogens is 1. The molecule has 1 unspecified atom stereocenters. The summed E-state index contributed by atoms with van der Waals surface area (Å²) in [4.78, 5) is 15.4. The first-order chi connectivity index (χ1) is 11.7. The second-order valence-corrected chi connectivity index (χ2v) is 9.12. The fraction of sp³-hybridized carbons (Fsp3) is 0.421. The van der Waals surface area contributed by atoms with Gasteiger partial charge in [0.05, 0.1) is 11.7 Å². The van der Waals surface area contributed by atoms with Gasteiger partial charge in [0.25, 0.3) is 0 Å². The molecular formula is C19H23BrN2O2S. The van der Waals surface area contributed by atoms with E-state index in [2.05, 4.69) is 45.7 Å². The van der Waals surface area contributed by atoms with Crippen LogP contribution in [0.25, 0.3) is 0 Å². The number of nitrogens with zero attached hydrogens (tertiary/aromatic N) is 1. The molecule has 6 heteroatoms. The first-order valence-electron chi connectivity index (χ1n) is 8.37. The predicted octanol–water partition coefficient (Wildman–Crippen LogP) is 5.98. The number of carbonyl (C=O) groups excluding carboxylic acids is 1. The van der Waals surface area contributed by atoms with Crippen molar-refractivity contribution in [3.05, 3.63) is 44.6 Å². The van der Waals surface area contributed by atoms with Gasteiger partial charge in [0.1, 0.15) is 5.60 Å². The topological polar surface area (TPSA) is 41.6 Å². The fourth-order valence-electron chi connectivity index (χ4n) is 2.87. The van der Waals surface area contributed by atoms with Crippen LogP contribution in [0.3, 0.4) is 0 Å². The van der Waals surface area contributed by atoms with E-state index in [0.717, 1.165) is 22.3 Å². The average Bonchev–Trinajstić information content (AvgIpc) is 3.11. The fourth-order valence-corrected chi connectivity index (χ4v) is 4.33. The molecule has 1 aromatic carbocycles. The van der Waals surface area contributed by atoms with Gasteiger partial charge in [0.2, 0.25) is 0 Å². The Morgan fingerprint density at radius 3 is 2.76 bits per heavy atom. The van der Waals surface area contributed by atoms with E-state index in [1.54, 1.807) is 16.2 Å². The van der Waals surface area contributed by atoms with E-state index >= 15 is 0 Å². The van der Waals surface area contributed by atoms with Crippen LogP contribution in [0.5, 0.6) is 0 Å². The minimum absolute atomic E-state index is 0.234. The monoisotopic (exact) mass is 422 g/mol. The quantitative estimate of drug-likeness (QED) is 0.660. The number of hydrogen-bond acceptors (Lipinski definition) is 4. The molecule has 4 nitrogen and oxygen atoms in total. The van der Waals surface area contributed by atoms with E-state index in [1.807, 2.05) is 32.9 Å². The molecule has 3 rings (SSSR count). The highest BCUT2D eigenvalue weighted by Crippen LogP contribution is 2.33. The van der Waals surface area contributed by atoms with Crippen molar-refractivity contribution in [2.45, 2.75) is 45.8 Å². The summed E-state index contributed by atoms with van der Waals surface area (Å²) in [7, 11) is 0. The van der Waals surface area contributed by atoms with Crippen molar-refractivity contribution < 1.29 is 9.53 Å².